The van der Waals surface area contributed by atoms with Crippen LogP contribution in [0.15, 0.2) is 12.2 Å². The molecule has 0 unspecified atom stereocenters. The summed E-state index contributed by atoms with van der Waals surface area (Å²) < 4.78 is 5.16. The lowest BCUT2D eigenvalue weighted by Crippen LogP contribution is -2.06. The van der Waals surface area contributed by atoms with Crippen LogP contribution >= 0.6 is 0 Å². The van der Waals surface area contributed by atoms with Crippen molar-refractivity contribution < 1.29 is 9.53 Å². The van der Waals surface area contributed by atoms with Crippen LogP contribution in [0.3, 0.4) is 0 Å². The molecule has 1 aliphatic rings. The Morgan fingerprint density at radius 1 is 0.812 bits per heavy atom. The molecule has 0 atom stereocenters. The van der Waals surface area contributed by atoms with Crippen molar-refractivity contribution in [1.29, 1.82) is 0 Å². The van der Waals surface area contributed by atoms with E-state index in [9.17, 15) is 4.79 Å². The van der Waals surface area contributed by atoms with Crippen molar-refractivity contribution in [2.24, 2.45) is 0 Å². The average molecular weight is 224 g/mol. The molecule has 0 bridgehead atoms. The first kappa shape index (κ1) is 13.3. The van der Waals surface area contributed by atoms with E-state index in [0.29, 0.717) is 13.0 Å². The Kier molecular flexibility index (Phi) is 6.95. The second-order valence-corrected chi connectivity index (χ2v) is 4.70. The summed E-state index contributed by atoms with van der Waals surface area (Å²) in [7, 11) is 0. The van der Waals surface area contributed by atoms with Gasteiger partial charge in [0, 0.05) is 6.42 Å². The summed E-state index contributed by atoms with van der Waals surface area (Å²) in [6.45, 7) is 4.63. The summed E-state index contributed by atoms with van der Waals surface area (Å²) in [5.41, 5.74) is 1.31. The molecule has 1 saturated heterocycles. The van der Waals surface area contributed by atoms with E-state index in [-0.39, 0.29) is 5.97 Å². The molecule has 0 radical (unpaired) electrons. The van der Waals surface area contributed by atoms with Gasteiger partial charge in [0.05, 0.1) is 6.61 Å². The number of esters is 1. The molecule has 0 aromatic rings. The standard InChI is InChI=1S/C14H24O2/c1-13-9-6-4-2-3-5-7-11-14(15)16-12-8-10-13/h1-12H2. The minimum absolute atomic E-state index is 0.0253. The molecular formula is C14H24O2. The third-order valence-corrected chi connectivity index (χ3v) is 3.10. The SMILES string of the molecule is C=C1CCCCCCCCC(=O)OCCC1. The highest BCUT2D eigenvalue weighted by Gasteiger charge is 2.04. The van der Waals surface area contributed by atoms with E-state index in [1.165, 1.54) is 31.3 Å². The zero-order valence-corrected chi connectivity index (χ0v) is 10.3. The van der Waals surface area contributed by atoms with Gasteiger partial charge in [-0.1, -0.05) is 37.8 Å². The van der Waals surface area contributed by atoms with Gasteiger partial charge in [-0.3, -0.25) is 4.79 Å². The maximum atomic E-state index is 11.3. The number of hydrogen-bond acceptors (Lipinski definition) is 2. The van der Waals surface area contributed by atoms with Gasteiger partial charge in [0.15, 0.2) is 0 Å². The maximum absolute atomic E-state index is 11.3. The normalized spacial score (nSPS) is 22.2. The monoisotopic (exact) mass is 224 g/mol. The van der Waals surface area contributed by atoms with Gasteiger partial charge >= 0.3 is 5.97 Å². The molecule has 1 heterocycles. The van der Waals surface area contributed by atoms with Crippen molar-refractivity contribution in [1.82, 2.24) is 0 Å². The van der Waals surface area contributed by atoms with E-state index < -0.39 is 0 Å². The van der Waals surface area contributed by atoms with Crippen molar-refractivity contribution in [3.05, 3.63) is 12.2 Å². The summed E-state index contributed by atoms with van der Waals surface area (Å²) in [5.74, 6) is -0.0253. The molecule has 1 rings (SSSR count). The molecule has 0 aromatic carbocycles. The molecular weight excluding hydrogens is 200 g/mol. The highest BCUT2D eigenvalue weighted by Crippen LogP contribution is 2.15. The van der Waals surface area contributed by atoms with Crippen LogP contribution in [0.25, 0.3) is 0 Å². The third kappa shape index (κ3) is 6.65. The molecule has 2 heteroatoms. The van der Waals surface area contributed by atoms with Crippen LogP contribution in [0.1, 0.15) is 64.2 Å². The molecule has 92 valence electrons. The average Bonchev–Trinajstić information content (AvgIpc) is 2.27. The first-order chi connectivity index (χ1) is 7.79. The summed E-state index contributed by atoms with van der Waals surface area (Å²) in [6.07, 6.45) is 11.0. The molecule has 0 aromatic heterocycles. The minimum atomic E-state index is -0.0253. The van der Waals surface area contributed by atoms with Crippen LogP contribution in [0, 0.1) is 0 Å². The quantitative estimate of drug-likeness (QED) is 0.459. The van der Waals surface area contributed by atoms with Crippen molar-refractivity contribution in [3.63, 3.8) is 0 Å². The van der Waals surface area contributed by atoms with Crippen molar-refractivity contribution in [3.8, 4) is 0 Å². The van der Waals surface area contributed by atoms with Gasteiger partial charge in [0.1, 0.15) is 0 Å². The largest absolute Gasteiger partial charge is 0.466 e. The number of hydrogen-bond donors (Lipinski definition) is 0. The van der Waals surface area contributed by atoms with E-state index in [2.05, 4.69) is 6.58 Å². The van der Waals surface area contributed by atoms with Gasteiger partial charge in [0.25, 0.3) is 0 Å². The Bertz CT molecular complexity index is 197. The zero-order valence-electron chi connectivity index (χ0n) is 10.3. The van der Waals surface area contributed by atoms with Crippen LogP contribution < -0.4 is 0 Å². The first-order valence-electron chi connectivity index (χ1n) is 6.61. The van der Waals surface area contributed by atoms with Gasteiger partial charge in [0.2, 0.25) is 0 Å². The number of allylic oxidation sites excluding steroid dienone is 1. The second kappa shape index (κ2) is 8.37. The number of rotatable bonds is 0. The van der Waals surface area contributed by atoms with Crippen molar-refractivity contribution >= 4 is 5.97 Å². The van der Waals surface area contributed by atoms with Gasteiger partial charge in [-0.15, -0.1) is 0 Å². The fourth-order valence-corrected chi connectivity index (χ4v) is 2.06. The van der Waals surface area contributed by atoms with E-state index in [0.717, 1.165) is 32.1 Å². The molecule has 16 heavy (non-hydrogen) atoms. The fraction of sp³-hybridized carbons (Fsp3) is 0.786. The molecule has 0 amide bonds. The lowest BCUT2D eigenvalue weighted by molar-refractivity contribution is -0.143. The van der Waals surface area contributed by atoms with Crippen molar-refractivity contribution in [2.45, 2.75) is 64.2 Å². The molecule has 0 aliphatic carbocycles. The van der Waals surface area contributed by atoms with E-state index >= 15 is 0 Å². The number of ether oxygens (including phenoxy) is 1. The smallest absolute Gasteiger partial charge is 0.305 e. The van der Waals surface area contributed by atoms with Gasteiger partial charge in [-0.2, -0.15) is 0 Å². The number of cyclic esters (lactones) is 1. The summed E-state index contributed by atoms with van der Waals surface area (Å²) in [5, 5.41) is 0. The Hall–Kier alpha value is -0.790. The number of carbonyl (C=O) groups excluding carboxylic acids is 1. The number of carbonyl (C=O) groups is 1. The lowest BCUT2D eigenvalue weighted by atomic mass is 10.0. The molecule has 1 aliphatic heterocycles. The predicted octanol–water partition coefficient (Wildman–Crippen LogP) is 4.00. The minimum Gasteiger partial charge on any atom is -0.466 e. The van der Waals surface area contributed by atoms with Crippen LogP contribution in [0.2, 0.25) is 0 Å². The van der Waals surface area contributed by atoms with Gasteiger partial charge in [-0.25, -0.2) is 0 Å². The summed E-state index contributed by atoms with van der Waals surface area (Å²) >= 11 is 0. The van der Waals surface area contributed by atoms with Crippen LogP contribution in [-0.2, 0) is 9.53 Å². The predicted molar refractivity (Wildman–Crippen MR) is 66.3 cm³/mol. The topological polar surface area (TPSA) is 26.3 Å². The third-order valence-electron chi connectivity index (χ3n) is 3.10. The molecule has 0 saturated carbocycles. The molecule has 1 fully saturated rings. The molecule has 0 spiro atoms. The van der Waals surface area contributed by atoms with Crippen LogP contribution in [0.4, 0.5) is 0 Å². The van der Waals surface area contributed by atoms with Crippen molar-refractivity contribution in [2.75, 3.05) is 6.61 Å². The Balaban J connectivity index is 2.24. The van der Waals surface area contributed by atoms with E-state index in [4.69, 9.17) is 4.74 Å². The zero-order chi connectivity index (χ0) is 11.6. The molecule has 0 N–H and O–H groups in total. The summed E-state index contributed by atoms with van der Waals surface area (Å²) in [4.78, 5) is 11.3. The molecule has 2 nitrogen and oxygen atoms in total. The van der Waals surface area contributed by atoms with E-state index in [1.807, 2.05) is 0 Å². The highest BCUT2D eigenvalue weighted by atomic mass is 16.5. The second-order valence-electron chi connectivity index (χ2n) is 4.70. The van der Waals surface area contributed by atoms with E-state index in [1.54, 1.807) is 0 Å². The Morgan fingerprint density at radius 3 is 2.12 bits per heavy atom. The first-order valence-corrected chi connectivity index (χ1v) is 6.61. The lowest BCUT2D eigenvalue weighted by Gasteiger charge is -2.08. The highest BCUT2D eigenvalue weighted by molar-refractivity contribution is 5.69. The fourth-order valence-electron chi connectivity index (χ4n) is 2.06. The van der Waals surface area contributed by atoms with Crippen LogP contribution in [-0.4, -0.2) is 12.6 Å². The Morgan fingerprint density at radius 2 is 1.38 bits per heavy atom. The van der Waals surface area contributed by atoms with Gasteiger partial charge in [-0.05, 0) is 32.1 Å². The van der Waals surface area contributed by atoms with Gasteiger partial charge < -0.3 is 4.74 Å². The Labute approximate surface area is 99.1 Å². The van der Waals surface area contributed by atoms with Crippen LogP contribution in [0.5, 0.6) is 0 Å². The summed E-state index contributed by atoms with van der Waals surface area (Å²) in [6, 6.07) is 0. The maximum Gasteiger partial charge on any atom is 0.305 e.